The molecule has 124 valence electrons. The minimum atomic E-state index is -0.480. The number of carbonyl (C=O) groups is 1. The molecule has 23 heavy (non-hydrogen) atoms. The third kappa shape index (κ3) is 3.47. The molecule has 0 bridgehead atoms. The van der Waals surface area contributed by atoms with Crippen molar-refractivity contribution in [1.82, 2.24) is 0 Å². The minimum Gasteiger partial charge on any atom is -0.496 e. The van der Waals surface area contributed by atoms with E-state index in [9.17, 15) is 4.79 Å². The second-order valence-corrected chi connectivity index (χ2v) is 6.04. The van der Waals surface area contributed by atoms with Crippen LogP contribution in [0.2, 0.25) is 0 Å². The van der Waals surface area contributed by atoms with Crippen LogP contribution in [0.5, 0.6) is 17.2 Å². The van der Waals surface area contributed by atoms with E-state index in [2.05, 4.69) is 4.99 Å². The summed E-state index contributed by atoms with van der Waals surface area (Å²) >= 11 is 0. The molecule has 0 spiro atoms. The number of aliphatic imine (C=N–C) groups is 1. The molecule has 1 aromatic carbocycles. The molecule has 0 atom stereocenters. The lowest BCUT2D eigenvalue weighted by Crippen LogP contribution is -2.21. The largest absolute Gasteiger partial charge is 0.496 e. The SMILES string of the molecule is COc1cc(OC)c(OC)cc1/C=C1/N=C(C(C)(C)C)OC1=O. The van der Waals surface area contributed by atoms with Crippen LogP contribution in [-0.2, 0) is 9.53 Å². The third-order valence-corrected chi connectivity index (χ3v) is 3.29. The molecule has 1 heterocycles. The Kier molecular flexibility index (Phi) is 4.63. The summed E-state index contributed by atoms with van der Waals surface area (Å²) in [6, 6.07) is 3.42. The van der Waals surface area contributed by atoms with Gasteiger partial charge in [-0.05, 0) is 12.1 Å². The summed E-state index contributed by atoms with van der Waals surface area (Å²) in [6.45, 7) is 5.79. The fourth-order valence-electron chi connectivity index (χ4n) is 2.04. The van der Waals surface area contributed by atoms with Crippen LogP contribution in [0.15, 0.2) is 22.8 Å². The molecule has 0 aromatic heterocycles. The van der Waals surface area contributed by atoms with E-state index in [4.69, 9.17) is 18.9 Å². The predicted molar refractivity (Wildman–Crippen MR) is 87.1 cm³/mol. The van der Waals surface area contributed by atoms with Gasteiger partial charge < -0.3 is 18.9 Å². The van der Waals surface area contributed by atoms with Crippen LogP contribution in [-0.4, -0.2) is 33.2 Å². The number of benzene rings is 1. The highest BCUT2D eigenvalue weighted by Gasteiger charge is 2.31. The third-order valence-electron chi connectivity index (χ3n) is 3.29. The number of hydrogen-bond donors (Lipinski definition) is 0. The van der Waals surface area contributed by atoms with Gasteiger partial charge in [0.15, 0.2) is 17.2 Å². The maximum Gasteiger partial charge on any atom is 0.363 e. The number of rotatable bonds is 4. The first-order valence-electron chi connectivity index (χ1n) is 7.13. The van der Waals surface area contributed by atoms with Gasteiger partial charge in [-0.25, -0.2) is 9.79 Å². The number of carbonyl (C=O) groups excluding carboxylic acids is 1. The van der Waals surface area contributed by atoms with Crippen LogP contribution >= 0.6 is 0 Å². The molecule has 0 saturated carbocycles. The molecule has 0 radical (unpaired) electrons. The van der Waals surface area contributed by atoms with Gasteiger partial charge in [0, 0.05) is 17.0 Å². The summed E-state index contributed by atoms with van der Waals surface area (Å²) in [5.41, 5.74) is 0.531. The smallest absolute Gasteiger partial charge is 0.363 e. The Bertz CT molecular complexity index is 683. The minimum absolute atomic E-state index is 0.223. The second kappa shape index (κ2) is 6.32. The molecule has 1 aliphatic rings. The first-order chi connectivity index (χ1) is 10.8. The van der Waals surface area contributed by atoms with Crippen LogP contribution in [0.4, 0.5) is 0 Å². The van der Waals surface area contributed by atoms with E-state index in [1.54, 1.807) is 39.5 Å². The molecule has 6 heteroatoms. The Morgan fingerprint density at radius 2 is 1.57 bits per heavy atom. The van der Waals surface area contributed by atoms with Crippen molar-refractivity contribution in [2.75, 3.05) is 21.3 Å². The average molecular weight is 319 g/mol. The van der Waals surface area contributed by atoms with E-state index in [0.717, 1.165) is 0 Å². The molecule has 0 N–H and O–H groups in total. The summed E-state index contributed by atoms with van der Waals surface area (Å²) in [7, 11) is 4.63. The van der Waals surface area contributed by atoms with Gasteiger partial charge in [0.2, 0.25) is 5.90 Å². The number of hydrogen-bond acceptors (Lipinski definition) is 6. The molecule has 0 fully saturated rings. The molecule has 6 nitrogen and oxygen atoms in total. The quantitative estimate of drug-likeness (QED) is 0.630. The zero-order valence-electron chi connectivity index (χ0n) is 14.2. The summed E-state index contributed by atoms with van der Waals surface area (Å²) < 4.78 is 21.1. The maximum absolute atomic E-state index is 12.0. The summed E-state index contributed by atoms with van der Waals surface area (Å²) in [4.78, 5) is 16.3. The molecule has 1 aliphatic heterocycles. The van der Waals surface area contributed by atoms with E-state index >= 15 is 0 Å². The highest BCUT2D eigenvalue weighted by molar-refractivity contribution is 6.08. The average Bonchev–Trinajstić information content (AvgIpc) is 2.88. The normalized spacial score (nSPS) is 16.2. The van der Waals surface area contributed by atoms with Crippen molar-refractivity contribution in [3.05, 3.63) is 23.4 Å². The summed E-state index contributed by atoms with van der Waals surface area (Å²) in [5, 5.41) is 0. The highest BCUT2D eigenvalue weighted by atomic mass is 16.6. The van der Waals surface area contributed by atoms with Crippen LogP contribution < -0.4 is 14.2 Å². The maximum atomic E-state index is 12.0. The molecule has 1 aromatic rings. The lowest BCUT2D eigenvalue weighted by atomic mass is 9.97. The van der Waals surface area contributed by atoms with Gasteiger partial charge in [0.25, 0.3) is 0 Å². The van der Waals surface area contributed by atoms with Crippen molar-refractivity contribution in [3.63, 3.8) is 0 Å². The zero-order chi connectivity index (χ0) is 17.2. The van der Waals surface area contributed by atoms with Crippen LogP contribution in [0, 0.1) is 5.41 Å². The fraction of sp³-hybridized carbons (Fsp3) is 0.412. The van der Waals surface area contributed by atoms with Crippen LogP contribution in [0.25, 0.3) is 6.08 Å². The van der Waals surface area contributed by atoms with Gasteiger partial charge in [-0.1, -0.05) is 20.8 Å². The zero-order valence-corrected chi connectivity index (χ0v) is 14.2. The lowest BCUT2D eigenvalue weighted by molar-refractivity contribution is -0.130. The van der Waals surface area contributed by atoms with Crippen molar-refractivity contribution < 1.29 is 23.7 Å². The molecule has 2 rings (SSSR count). The number of nitrogens with zero attached hydrogens (tertiary/aromatic N) is 1. The molecule has 0 amide bonds. The van der Waals surface area contributed by atoms with Crippen molar-refractivity contribution in [2.24, 2.45) is 10.4 Å². The Morgan fingerprint density at radius 3 is 2.04 bits per heavy atom. The van der Waals surface area contributed by atoms with Gasteiger partial charge in [-0.3, -0.25) is 0 Å². The van der Waals surface area contributed by atoms with Gasteiger partial charge in [0.1, 0.15) is 5.75 Å². The lowest BCUT2D eigenvalue weighted by Gasteiger charge is -2.15. The fourth-order valence-corrected chi connectivity index (χ4v) is 2.04. The van der Waals surface area contributed by atoms with E-state index in [1.165, 1.54) is 0 Å². The Balaban J connectivity index is 2.50. The first kappa shape index (κ1) is 16.9. The van der Waals surface area contributed by atoms with Crippen LogP contribution in [0.3, 0.4) is 0 Å². The first-order valence-corrected chi connectivity index (χ1v) is 7.13. The molecular weight excluding hydrogens is 298 g/mol. The van der Waals surface area contributed by atoms with Crippen molar-refractivity contribution in [1.29, 1.82) is 0 Å². The Hall–Kier alpha value is -2.50. The highest BCUT2D eigenvalue weighted by Crippen LogP contribution is 2.36. The molecule has 0 aliphatic carbocycles. The number of methoxy groups -OCH3 is 3. The van der Waals surface area contributed by atoms with E-state index in [0.29, 0.717) is 28.7 Å². The van der Waals surface area contributed by atoms with E-state index in [-0.39, 0.29) is 11.1 Å². The van der Waals surface area contributed by atoms with Crippen LogP contribution in [0.1, 0.15) is 26.3 Å². The number of cyclic esters (lactones) is 1. The molecular formula is C17H21NO5. The monoisotopic (exact) mass is 319 g/mol. The number of ether oxygens (including phenoxy) is 4. The van der Waals surface area contributed by atoms with E-state index < -0.39 is 5.97 Å². The predicted octanol–water partition coefficient (Wildman–Crippen LogP) is 3.05. The van der Waals surface area contributed by atoms with Crippen molar-refractivity contribution in [3.8, 4) is 17.2 Å². The van der Waals surface area contributed by atoms with Gasteiger partial charge >= 0.3 is 5.97 Å². The van der Waals surface area contributed by atoms with Gasteiger partial charge in [-0.2, -0.15) is 0 Å². The van der Waals surface area contributed by atoms with Gasteiger partial charge in [-0.15, -0.1) is 0 Å². The Labute approximate surface area is 135 Å². The topological polar surface area (TPSA) is 66.3 Å². The summed E-state index contributed by atoms with van der Waals surface area (Å²) in [6.07, 6.45) is 1.61. The summed E-state index contributed by atoms with van der Waals surface area (Å²) in [5.74, 6) is 1.54. The van der Waals surface area contributed by atoms with Crippen molar-refractivity contribution in [2.45, 2.75) is 20.8 Å². The molecule has 0 saturated heterocycles. The molecule has 0 unspecified atom stereocenters. The van der Waals surface area contributed by atoms with Crippen molar-refractivity contribution >= 4 is 17.9 Å². The number of esters is 1. The Morgan fingerprint density at radius 1 is 1.00 bits per heavy atom. The van der Waals surface area contributed by atoms with Gasteiger partial charge in [0.05, 0.1) is 21.3 Å². The standard InChI is InChI=1S/C17H21NO5/c1-17(2,3)16-18-11(15(19)23-16)7-10-8-13(21-5)14(22-6)9-12(10)20-4/h7-9H,1-6H3/b11-7+. The second-order valence-electron chi connectivity index (χ2n) is 6.04. The van der Waals surface area contributed by atoms with E-state index in [1.807, 2.05) is 20.8 Å².